The Hall–Kier alpha value is -1.49. The Kier molecular flexibility index (Phi) is 4.25. The van der Waals surface area contributed by atoms with Crippen LogP contribution in [0, 0.1) is 5.92 Å². The van der Waals surface area contributed by atoms with Gasteiger partial charge in [-0.2, -0.15) is 0 Å². The van der Waals surface area contributed by atoms with Gasteiger partial charge in [0.2, 0.25) is 0 Å². The van der Waals surface area contributed by atoms with Crippen LogP contribution in [0.5, 0.6) is 0 Å². The first kappa shape index (κ1) is 13.0. The largest absolute Gasteiger partial charge is 0.343 e. The van der Waals surface area contributed by atoms with E-state index < -0.39 is 0 Å². The Morgan fingerprint density at radius 1 is 1.50 bits per heavy atom. The molecule has 1 amide bonds. The first-order chi connectivity index (χ1) is 8.66. The van der Waals surface area contributed by atoms with Crippen molar-refractivity contribution in [2.45, 2.75) is 19.3 Å². The van der Waals surface area contributed by atoms with E-state index in [1.807, 2.05) is 6.07 Å². The summed E-state index contributed by atoms with van der Waals surface area (Å²) < 4.78 is 0. The van der Waals surface area contributed by atoms with E-state index in [4.69, 9.17) is 0 Å². The van der Waals surface area contributed by atoms with Gasteiger partial charge in [-0.3, -0.25) is 4.79 Å². The molecule has 1 fully saturated rings. The number of hydrogen-bond donors (Lipinski definition) is 1. The molecule has 98 valence electrons. The number of piperidine rings is 1. The Morgan fingerprint density at radius 3 is 3.00 bits per heavy atom. The molecule has 1 aliphatic heterocycles. The summed E-state index contributed by atoms with van der Waals surface area (Å²) >= 11 is 0. The molecule has 2 rings (SSSR count). The Bertz CT molecular complexity index is 413. The van der Waals surface area contributed by atoms with Gasteiger partial charge in [-0.25, -0.2) is 9.97 Å². The quantitative estimate of drug-likeness (QED) is 0.856. The van der Waals surface area contributed by atoms with E-state index in [2.05, 4.69) is 15.3 Å². The van der Waals surface area contributed by atoms with Crippen LogP contribution in [0.15, 0.2) is 12.4 Å². The van der Waals surface area contributed by atoms with Gasteiger partial charge in [0.15, 0.2) is 0 Å². The monoisotopic (exact) mass is 248 g/mol. The van der Waals surface area contributed by atoms with Crippen molar-refractivity contribution in [3.8, 4) is 0 Å². The van der Waals surface area contributed by atoms with Crippen LogP contribution < -0.4 is 5.32 Å². The fourth-order valence-electron chi connectivity index (χ4n) is 2.25. The summed E-state index contributed by atoms with van der Waals surface area (Å²) in [5.74, 6) is 0.552. The second-order valence-corrected chi connectivity index (χ2v) is 5.01. The number of rotatable bonds is 3. The molecule has 5 heteroatoms. The highest BCUT2D eigenvalue weighted by Crippen LogP contribution is 2.15. The Labute approximate surface area is 108 Å². The molecule has 1 saturated heterocycles. The molecule has 1 aromatic heterocycles. The van der Waals surface area contributed by atoms with Gasteiger partial charge in [0, 0.05) is 19.8 Å². The van der Waals surface area contributed by atoms with E-state index in [1.54, 1.807) is 14.1 Å². The third-order valence-electron chi connectivity index (χ3n) is 3.25. The normalized spacial score (nSPS) is 19.6. The fraction of sp³-hybridized carbons (Fsp3) is 0.615. The zero-order chi connectivity index (χ0) is 13.0. The number of carbonyl (C=O) groups is 1. The highest BCUT2D eigenvalue weighted by molar-refractivity contribution is 5.91. The minimum atomic E-state index is -0.0691. The van der Waals surface area contributed by atoms with Gasteiger partial charge in [-0.1, -0.05) is 0 Å². The van der Waals surface area contributed by atoms with E-state index in [-0.39, 0.29) is 5.91 Å². The lowest BCUT2D eigenvalue weighted by molar-refractivity contribution is 0.0821. The topological polar surface area (TPSA) is 58.1 Å². The van der Waals surface area contributed by atoms with Crippen LogP contribution >= 0.6 is 0 Å². The molecule has 0 radical (unpaired) electrons. The zero-order valence-corrected chi connectivity index (χ0v) is 11.0. The first-order valence-electron chi connectivity index (χ1n) is 6.40. The molecule has 0 unspecified atom stereocenters. The summed E-state index contributed by atoms with van der Waals surface area (Å²) in [4.78, 5) is 21.6. The fourth-order valence-corrected chi connectivity index (χ4v) is 2.25. The summed E-state index contributed by atoms with van der Waals surface area (Å²) in [5.41, 5.74) is 1.44. The summed E-state index contributed by atoms with van der Waals surface area (Å²) in [6, 6.07) is 1.82. The summed E-state index contributed by atoms with van der Waals surface area (Å²) in [7, 11) is 3.46. The lowest BCUT2D eigenvalue weighted by Crippen LogP contribution is -2.31. The van der Waals surface area contributed by atoms with E-state index in [0.717, 1.165) is 25.2 Å². The molecule has 2 heterocycles. The minimum absolute atomic E-state index is 0.0691. The van der Waals surface area contributed by atoms with Crippen molar-refractivity contribution in [2.75, 3.05) is 27.2 Å². The van der Waals surface area contributed by atoms with E-state index in [9.17, 15) is 4.79 Å². The van der Waals surface area contributed by atoms with Crippen LogP contribution in [0.2, 0.25) is 0 Å². The van der Waals surface area contributed by atoms with Gasteiger partial charge in [0.05, 0.1) is 0 Å². The van der Waals surface area contributed by atoms with Gasteiger partial charge >= 0.3 is 0 Å². The van der Waals surface area contributed by atoms with Gasteiger partial charge in [-0.05, 0) is 44.3 Å². The van der Waals surface area contributed by atoms with Crippen molar-refractivity contribution in [1.82, 2.24) is 20.2 Å². The molecule has 5 nitrogen and oxygen atoms in total. The smallest absolute Gasteiger partial charge is 0.272 e. The predicted octanol–water partition coefficient (Wildman–Crippen LogP) is 0.720. The number of nitrogens with one attached hydrogen (secondary N) is 1. The van der Waals surface area contributed by atoms with Gasteiger partial charge in [-0.15, -0.1) is 0 Å². The maximum atomic E-state index is 11.8. The number of hydrogen-bond acceptors (Lipinski definition) is 4. The van der Waals surface area contributed by atoms with Crippen LogP contribution in [0.25, 0.3) is 0 Å². The van der Waals surface area contributed by atoms with E-state index in [0.29, 0.717) is 11.6 Å². The molecule has 0 aromatic carbocycles. The van der Waals surface area contributed by atoms with Crippen molar-refractivity contribution in [1.29, 1.82) is 0 Å². The van der Waals surface area contributed by atoms with Crippen LogP contribution in [0.3, 0.4) is 0 Å². The summed E-state index contributed by atoms with van der Waals surface area (Å²) in [6.07, 6.45) is 4.86. The number of amides is 1. The van der Waals surface area contributed by atoms with Crippen LogP contribution in [0.1, 0.15) is 29.0 Å². The average Bonchev–Trinajstić information content (AvgIpc) is 2.39. The maximum Gasteiger partial charge on any atom is 0.272 e. The van der Waals surface area contributed by atoms with Crippen molar-refractivity contribution >= 4 is 5.91 Å². The molecule has 1 aliphatic rings. The van der Waals surface area contributed by atoms with Crippen molar-refractivity contribution < 1.29 is 4.79 Å². The molecule has 1 aromatic rings. The van der Waals surface area contributed by atoms with Crippen molar-refractivity contribution in [3.63, 3.8) is 0 Å². The second-order valence-electron chi connectivity index (χ2n) is 5.01. The second kappa shape index (κ2) is 5.91. The van der Waals surface area contributed by atoms with Crippen LogP contribution in [-0.4, -0.2) is 48.0 Å². The van der Waals surface area contributed by atoms with Crippen LogP contribution in [-0.2, 0) is 6.42 Å². The lowest BCUT2D eigenvalue weighted by atomic mass is 9.94. The number of aromatic nitrogens is 2. The molecular weight excluding hydrogens is 228 g/mol. The minimum Gasteiger partial charge on any atom is -0.343 e. The van der Waals surface area contributed by atoms with E-state index in [1.165, 1.54) is 24.1 Å². The van der Waals surface area contributed by atoms with Gasteiger partial charge in [0.25, 0.3) is 5.91 Å². The molecule has 0 bridgehead atoms. The highest BCUT2D eigenvalue weighted by atomic mass is 16.2. The Morgan fingerprint density at radius 2 is 2.33 bits per heavy atom. The third kappa shape index (κ3) is 3.26. The summed E-state index contributed by atoms with van der Waals surface area (Å²) in [6.45, 7) is 2.16. The number of nitrogens with zero attached hydrogens (tertiary/aromatic N) is 3. The average molecular weight is 248 g/mol. The highest BCUT2D eigenvalue weighted by Gasteiger charge is 2.16. The van der Waals surface area contributed by atoms with Crippen molar-refractivity contribution in [2.24, 2.45) is 5.92 Å². The lowest BCUT2D eigenvalue weighted by Gasteiger charge is -2.22. The Balaban J connectivity index is 2.04. The molecule has 1 N–H and O–H groups in total. The van der Waals surface area contributed by atoms with Gasteiger partial charge < -0.3 is 10.2 Å². The van der Waals surface area contributed by atoms with E-state index >= 15 is 0 Å². The molecule has 1 atom stereocenters. The molecular formula is C13H20N4O. The third-order valence-corrected chi connectivity index (χ3v) is 3.25. The van der Waals surface area contributed by atoms with Crippen LogP contribution in [0.4, 0.5) is 0 Å². The molecule has 0 spiro atoms. The van der Waals surface area contributed by atoms with Gasteiger partial charge in [0.1, 0.15) is 12.0 Å². The number of carbonyl (C=O) groups excluding carboxylic acids is 1. The first-order valence-corrected chi connectivity index (χ1v) is 6.40. The SMILES string of the molecule is CN(C)C(=O)c1cc(C[C@@H]2CCCNC2)ncn1. The predicted molar refractivity (Wildman–Crippen MR) is 69.3 cm³/mol. The summed E-state index contributed by atoms with van der Waals surface area (Å²) in [5, 5.41) is 3.39. The zero-order valence-electron chi connectivity index (χ0n) is 11.0. The van der Waals surface area contributed by atoms with Crippen molar-refractivity contribution in [3.05, 3.63) is 23.8 Å². The molecule has 0 aliphatic carbocycles. The maximum absolute atomic E-state index is 11.8. The molecule has 18 heavy (non-hydrogen) atoms. The standard InChI is InChI=1S/C13H20N4O/c1-17(2)13(18)12-7-11(15-9-16-12)6-10-4-3-5-14-8-10/h7,9-10,14H,3-6,8H2,1-2H3/t10-/m0/s1. The molecule has 0 saturated carbocycles.